The molecule has 22 heavy (non-hydrogen) atoms. The van der Waals surface area contributed by atoms with Crippen LogP contribution in [0.5, 0.6) is 0 Å². The maximum absolute atomic E-state index is 5.56. The molecular formula is C17H28N4O. The molecule has 1 aromatic rings. The molecule has 1 N–H and O–H groups in total. The van der Waals surface area contributed by atoms with Crippen molar-refractivity contribution in [3.05, 3.63) is 18.0 Å². The highest BCUT2D eigenvalue weighted by Gasteiger charge is 2.37. The number of hydrogen-bond acceptors (Lipinski definition) is 5. The first-order valence-corrected chi connectivity index (χ1v) is 8.65. The molecule has 0 spiro atoms. The Labute approximate surface area is 133 Å². The second-order valence-corrected chi connectivity index (χ2v) is 6.61. The molecule has 2 fully saturated rings. The minimum atomic E-state index is 0.243. The van der Waals surface area contributed by atoms with Crippen molar-refractivity contribution in [3.8, 4) is 0 Å². The zero-order valence-corrected chi connectivity index (χ0v) is 13.7. The predicted octanol–water partition coefficient (Wildman–Crippen LogP) is 2.62. The fourth-order valence-corrected chi connectivity index (χ4v) is 3.81. The van der Waals surface area contributed by atoms with Gasteiger partial charge in [0.05, 0.1) is 13.2 Å². The van der Waals surface area contributed by atoms with Crippen LogP contribution in [0.3, 0.4) is 0 Å². The van der Waals surface area contributed by atoms with Crippen LogP contribution in [-0.2, 0) is 4.74 Å². The second-order valence-electron chi connectivity index (χ2n) is 6.61. The lowest BCUT2D eigenvalue weighted by atomic mass is 9.87. The Balaban J connectivity index is 1.72. The van der Waals surface area contributed by atoms with E-state index >= 15 is 0 Å². The number of nitrogens with one attached hydrogen (secondary N) is 1. The molecule has 1 aliphatic carbocycles. The summed E-state index contributed by atoms with van der Waals surface area (Å²) in [7, 11) is 0. The summed E-state index contributed by atoms with van der Waals surface area (Å²) < 4.78 is 5.56. The van der Waals surface area contributed by atoms with Crippen molar-refractivity contribution in [1.29, 1.82) is 0 Å². The molecule has 5 heteroatoms. The van der Waals surface area contributed by atoms with Crippen molar-refractivity contribution < 1.29 is 4.74 Å². The van der Waals surface area contributed by atoms with Gasteiger partial charge in [-0.05, 0) is 25.8 Å². The van der Waals surface area contributed by atoms with Crippen LogP contribution in [-0.4, -0.2) is 53.3 Å². The molecule has 5 nitrogen and oxygen atoms in total. The van der Waals surface area contributed by atoms with Gasteiger partial charge in [0.2, 0.25) is 5.95 Å². The first-order valence-electron chi connectivity index (χ1n) is 8.65. The summed E-state index contributed by atoms with van der Waals surface area (Å²) in [5.41, 5.74) is 1.26. The molecule has 122 valence electrons. The molecule has 1 aromatic heterocycles. The smallest absolute Gasteiger partial charge is 0.222 e. The standard InChI is InChI=1S/C17H28N4O/c1-15-6-9-18-16(20-15)19-14-17(7-4-2-3-5-8-17)21-10-12-22-13-11-21/h6,9H,2-5,7-8,10-14H2,1H3,(H,18,19,20). The fraction of sp³-hybridized carbons (Fsp3) is 0.765. The lowest BCUT2D eigenvalue weighted by molar-refractivity contribution is -0.0240. The van der Waals surface area contributed by atoms with Crippen molar-refractivity contribution in [2.75, 3.05) is 38.2 Å². The molecule has 0 radical (unpaired) electrons. The van der Waals surface area contributed by atoms with Gasteiger partial charge in [-0.25, -0.2) is 9.97 Å². The van der Waals surface area contributed by atoms with Gasteiger partial charge in [0.25, 0.3) is 0 Å². The molecular weight excluding hydrogens is 276 g/mol. The summed E-state index contributed by atoms with van der Waals surface area (Å²) in [5, 5.41) is 3.52. The molecule has 0 amide bonds. The van der Waals surface area contributed by atoms with Crippen molar-refractivity contribution in [2.45, 2.75) is 51.0 Å². The van der Waals surface area contributed by atoms with Gasteiger partial charge in [0, 0.05) is 37.1 Å². The topological polar surface area (TPSA) is 50.3 Å². The number of morpholine rings is 1. The number of nitrogens with zero attached hydrogens (tertiary/aromatic N) is 3. The van der Waals surface area contributed by atoms with E-state index in [4.69, 9.17) is 4.74 Å². The first-order chi connectivity index (χ1) is 10.8. The number of hydrogen-bond donors (Lipinski definition) is 1. The summed E-state index contributed by atoms with van der Waals surface area (Å²) >= 11 is 0. The SMILES string of the molecule is Cc1ccnc(NCC2(N3CCOCC3)CCCCCC2)n1. The second kappa shape index (κ2) is 7.38. The number of ether oxygens (including phenoxy) is 1. The number of rotatable bonds is 4. The van der Waals surface area contributed by atoms with E-state index in [1.54, 1.807) is 0 Å². The summed E-state index contributed by atoms with van der Waals surface area (Å²) in [6.07, 6.45) is 9.76. The summed E-state index contributed by atoms with van der Waals surface area (Å²) in [5.74, 6) is 0.761. The maximum Gasteiger partial charge on any atom is 0.222 e. The van der Waals surface area contributed by atoms with Gasteiger partial charge >= 0.3 is 0 Å². The Bertz CT molecular complexity index is 465. The van der Waals surface area contributed by atoms with Crippen LogP contribution in [0.1, 0.15) is 44.2 Å². The predicted molar refractivity (Wildman–Crippen MR) is 88.1 cm³/mol. The molecule has 3 rings (SSSR count). The molecule has 2 aliphatic rings. The Morgan fingerprint density at radius 3 is 2.59 bits per heavy atom. The lowest BCUT2D eigenvalue weighted by Gasteiger charge is -2.45. The van der Waals surface area contributed by atoms with E-state index in [1.165, 1.54) is 38.5 Å². The third-order valence-electron chi connectivity index (χ3n) is 5.09. The van der Waals surface area contributed by atoms with Crippen LogP contribution in [0, 0.1) is 6.92 Å². The minimum Gasteiger partial charge on any atom is -0.379 e. The van der Waals surface area contributed by atoms with Gasteiger partial charge in [-0.3, -0.25) is 4.90 Å². The third-order valence-corrected chi connectivity index (χ3v) is 5.09. The molecule has 0 bridgehead atoms. The van der Waals surface area contributed by atoms with Gasteiger partial charge in [0.15, 0.2) is 0 Å². The van der Waals surface area contributed by atoms with E-state index in [0.29, 0.717) is 0 Å². The molecule has 1 saturated carbocycles. The zero-order chi connectivity index (χ0) is 15.3. The highest BCUT2D eigenvalue weighted by atomic mass is 16.5. The van der Waals surface area contributed by atoms with E-state index < -0.39 is 0 Å². The van der Waals surface area contributed by atoms with Crippen molar-refractivity contribution in [3.63, 3.8) is 0 Å². The van der Waals surface area contributed by atoms with Crippen molar-refractivity contribution in [2.24, 2.45) is 0 Å². The largest absolute Gasteiger partial charge is 0.379 e. The van der Waals surface area contributed by atoms with Gasteiger partial charge in [-0.2, -0.15) is 0 Å². The maximum atomic E-state index is 5.56. The number of anilines is 1. The molecule has 1 saturated heterocycles. The Hall–Kier alpha value is -1.20. The minimum absolute atomic E-state index is 0.243. The highest BCUT2D eigenvalue weighted by Crippen LogP contribution is 2.33. The third kappa shape index (κ3) is 3.76. The summed E-state index contributed by atoms with van der Waals surface area (Å²) in [6.45, 7) is 6.78. The molecule has 1 aliphatic heterocycles. The molecule has 2 heterocycles. The van der Waals surface area contributed by atoms with Crippen molar-refractivity contribution >= 4 is 5.95 Å². The van der Waals surface area contributed by atoms with Crippen molar-refractivity contribution in [1.82, 2.24) is 14.9 Å². The monoisotopic (exact) mass is 304 g/mol. The zero-order valence-electron chi connectivity index (χ0n) is 13.7. The fourth-order valence-electron chi connectivity index (χ4n) is 3.81. The first kappa shape index (κ1) is 15.7. The molecule has 0 unspecified atom stereocenters. The van der Waals surface area contributed by atoms with Crippen LogP contribution in [0.2, 0.25) is 0 Å². The van der Waals surface area contributed by atoms with Crippen LogP contribution < -0.4 is 5.32 Å². The average Bonchev–Trinajstić information content (AvgIpc) is 2.81. The lowest BCUT2D eigenvalue weighted by Crippen LogP contribution is -2.57. The molecule has 0 atom stereocenters. The van der Waals surface area contributed by atoms with E-state index in [2.05, 4.69) is 20.2 Å². The van der Waals surface area contributed by atoms with Crippen LogP contribution in [0.25, 0.3) is 0 Å². The quantitative estimate of drug-likeness (QED) is 0.867. The van der Waals surface area contributed by atoms with E-state index in [9.17, 15) is 0 Å². The molecule has 0 aromatic carbocycles. The van der Waals surface area contributed by atoms with Crippen LogP contribution in [0.15, 0.2) is 12.3 Å². The summed E-state index contributed by atoms with van der Waals surface area (Å²) in [4.78, 5) is 11.5. The van der Waals surface area contributed by atoms with Gasteiger partial charge in [0.1, 0.15) is 0 Å². The van der Waals surface area contributed by atoms with Gasteiger partial charge in [-0.1, -0.05) is 25.7 Å². The average molecular weight is 304 g/mol. The van der Waals surface area contributed by atoms with Gasteiger partial charge in [-0.15, -0.1) is 0 Å². The Kier molecular flexibility index (Phi) is 5.26. The van der Waals surface area contributed by atoms with E-state index in [0.717, 1.165) is 44.5 Å². The normalized spacial score (nSPS) is 23.0. The number of aromatic nitrogens is 2. The van der Waals surface area contributed by atoms with E-state index in [1.807, 2.05) is 19.2 Å². The Morgan fingerprint density at radius 1 is 1.18 bits per heavy atom. The highest BCUT2D eigenvalue weighted by molar-refractivity contribution is 5.26. The van der Waals surface area contributed by atoms with Crippen LogP contribution in [0.4, 0.5) is 5.95 Å². The number of aryl methyl sites for hydroxylation is 1. The van der Waals surface area contributed by atoms with E-state index in [-0.39, 0.29) is 5.54 Å². The summed E-state index contributed by atoms with van der Waals surface area (Å²) in [6, 6.07) is 1.94. The Morgan fingerprint density at radius 2 is 1.91 bits per heavy atom. The van der Waals surface area contributed by atoms with Crippen LogP contribution >= 0.6 is 0 Å². The van der Waals surface area contributed by atoms with Gasteiger partial charge < -0.3 is 10.1 Å².